The van der Waals surface area contributed by atoms with Gasteiger partial charge in [0, 0.05) is 13.2 Å². The minimum Gasteiger partial charge on any atom is -0.387 e. The summed E-state index contributed by atoms with van der Waals surface area (Å²) in [6, 6.07) is -0.613. The lowest BCUT2D eigenvalue weighted by Gasteiger charge is -2.41. The topological polar surface area (TPSA) is 149 Å². The molecule has 3 aliphatic rings. The summed E-state index contributed by atoms with van der Waals surface area (Å²) in [6.45, 7) is 1.45. The summed E-state index contributed by atoms with van der Waals surface area (Å²) in [5.41, 5.74) is 11.3. The Morgan fingerprint density at radius 2 is 1.81 bits per heavy atom. The van der Waals surface area contributed by atoms with Gasteiger partial charge in [0.1, 0.15) is 24.4 Å². The van der Waals surface area contributed by atoms with Crippen LogP contribution in [0, 0.1) is 0 Å². The van der Waals surface area contributed by atoms with E-state index in [1.165, 1.54) is 0 Å². The maximum Gasteiger partial charge on any atom is 0.237 e. The van der Waals surface area contributed by atoms with Gasteiger partial charge in [0.05, 0.1) is 12.6 Å². The molecule has 3 rings (SSSR count). The van der Waals surface area contributed by atoms with E-state index in [1.54, 1.807) is 0 Å². The van der Waals surface area contributed by atoms with Crippen LogP contribution >= 0.6 is 24.8 Å². The molecule has 0 aromatic rings. The van der Waals surface area contributed by atoms with Gasteiger partial charge in [-0.25, -0.2) is 0 Å². The average Bonchev–Trinajstić information content (AvgIpc) is 2.71. The first-order valence-corrected chi connectivity index (χ1v) is 8.52. The van der Waals surface area contributed by atoms with Crippen LogP contribution in [0.4, 0.5) is 0 Å². The van der Waals surface area contributed by atoms with Gasteiger partial charge in [0.15, 0.2) is 6.29 Å². The van der Waals surface area contributed by atoms with E-state index < -0.39 is 36.7 Å². The summed E-state index contributed by atoms with van der Waals surface area (Å²) in [7, 11) is 0. The molecule has 3 heterocycles. The number of halogens is 2. The third kappa shape index (κ3) is 8.35. The molecule has 7 N–H and O–H groups in total. The molecule has 1 amide bonds. The summed E-state index contributed by atoms with van der Waals surface area (Å²) in [4.78, 5) is 12.0. The predicted molar refractivity (Wildman–Crippen MR) is 106 cm³/mol. The first-order chi connectivity index (χ1) is 11.5. The second-order valence-electron chi connectivity index (χ2n) is 6.22. The van der Waals surface area contributed by atoms with Crippen molar-refractivity contribution in [3.8, 4) is 0 Å². The molecule has 2 bridgehead atoms. The van der Waals surface area contributed by atoms with Crippen LogP contribution in [0.15, 0.2) is 0 Å². The number of nitrogens with one attached hydrogen (secondary N) is 1. The molecule has 3 aliphatic heterocycles. The Balaban J connectivity index is 0. The summed E-state index contributed by atoms with van der Waals surface area (Å²) < 4.78 is 16.7. The smallest absolute Gasteiger partial charge is 0.237 e. The molecule has 0 aliphatic carbocycles. The van der Waals surface area contributed by atoms with Gasteiger partial charge in [0.2, 0.25) is 5.91 Å². The van der Waals surface area contributed by atoms with Crippen LogP contribution in [0.3, 0.4) is 0 Å². The van der Waals surface area contributed by atoms with Crippen LogP contribution in [-0.4, -0.2) is 79.2 Å². The third-order valence-corrected chi connectivity index (χ3v) is 4.31. The zero-order valence-electron chi connectivity index (χ0n) is 14.6. The van der Waals surface area contributed by atoms with E-state index in [0.717, 1.165) is 12.8 Å². The van der Waals surface area contributed by atoms with Crippen molar-refractivity contribution in [2.45, 2.75) is 69.9 Å². The number of hydrogen-bond acceptors (Lipinski definition) is 8. The van der Waals surface area contributed by atoms with Crippen LogP contribution in [0.2, 0.25) is 0 Å². The number of fused-ring (bicyclic) bond motifs is 6. The number of hydrogen-bond donors (Lipinski definition) is 5. The molecule has 0 spiro atoms. The minimum atomic E-state index is -1.18. The number of nitrogens with two attached hydrogens (primary N) is 2. The SMILES string of the molecule is C.Cl.Cl.NCCCC[C@@H](N)C(=O)NCC1OC2OCCCOC1C(O)C2O. The van der Waals surface area contributed by atoms with Gasteiger partial charge in [-0.1, -0.05) is 13.8 Å². The maximum atomic E-state index is 12.0. The molecule has 11 heteroatoms. The van der Waals surface area contributed by atoms with E-state index in [4.69, 9.17) is 25.7 Å². The highest BCUT2D eigenvalue weighted by Gasteiger charge is 2.46. The van der Waals surface area contributed by atoms with E-state index in [1.807, 2.05) is 0 Å². The lowest BCUT2D eigenvalue weighted by molar-refractivity contribution is -0.292. The number of rotatable bonds is 7. The molecular formula is C16H35Cl2N3O6. The van der Waals surface area contributed by atoms with Crippen LogP contribution in [-0.2, 0) is 19.0 Å². The second kappa shape index (κ2) is 14.7. The Kier molecular flexibility index (Phi) is 15.8. The molecule has 164 valence electrons. The van der Waals surface area contributed by atoms with Crippen LogP contribution in [0.5, 0.6) is 0 Å². The van der Waals surface area contributed by atoms with Gasteiger partial charge in [-0.2, -0.15) is 0 Å². The highest BCUT2D eigenvalue weighted by molar-refractivity contribution is 5.85. The van der Waals surface area contributed by atoms with Crippen molar-refractivity contribution in [2.24, 2.45) is 11.5 Å². The Bertz CT molecular complexity index is 408. The predicted octanol–water partition coefficient (Wildman–Crippen LogP) is -0.709. The number of unbranched alkanes of at least 4 members (excludes halogenated alkanes) is 1. The van der Waals surface area contributed by atoms with Gasteiger partial charge in [0.25, 0.3) is 0 Å². The normalized spacial score (nSPS) is 31.0. The fraction of sp³-hybridized carbons (Fsp3) is 0.938. The van der Waals surface area contributed by atoms with Crippen LogP contribution in [0.25, 0.3) is 0 Å². The van der Waals surface area contributed by atoms with Gasteiger partial charge in [-0.15, -0.1) is 24.8 Å². The fourth-order valence-corrected chi connectivity index (χ4v) is 2.86. The van der Waals surface area contributed by atoms with Gasteiger partial charge in [-0.3, -0.25) is 4.79 Å². The number of carbonyl (C=O) groups excluding carboxylic acids is 1. The molecule has 5 unspecified atom stereocenters. The number of aliphatic hydroxyl groups is 2. The van der Waals surface area contributed by atoms with E-state index in [-0.39, 0.29) is 44.7 Å². The molecule has 3 fully saturated rings. The first kappa shape index (κ1) is 29.0. The summed E-state index contributed by atoms with van der Waals surface area (Å²) >= 11 is 0. The monoisotopic (exact) mass is 435 g/mol. The largest absolute Gasteiger partial charge is 0.387 e. The van der Waals surface area contributed by atoms with Crippen LogP contribution < -0.4 is 16.8 Å². The zero-order chi connectivity index (χ0) is 17.5. The Morgan fingerprint density at radius 1 is 1.15 bits per heavy atom. The lowest BCUT2D eigenvalue weighted by atomic mass is 9.98. The Labute approximate surface area is 173 Å². The van der Waals surface area contributed by atoms with E-state index in [9.17, 15) is 15.0 Å². The molecule has 6 atom stereocenters. The van der Waals surface area contributed by atoms with Crippen molar-refractivity contribution < 1.29 is 29.2 Å². The molecule has 9 nitrogen and oxygen atoms in total. The molecule has 0 aromatic heterocycles. The van der Waals surface area contributed by atoms with Crippen molar-refractivity contribution in [3.05, 3.63) is 0 Å². The summed E-state index contributed by atoms with van der Waals surface area (Å²) in [6.07, 6.45) is -1.79. The number of ether oxygens (including phenoxy) is 3. The number of carbonyl (C=O) groups is 1. The highest BCUT2D eigenvalue weighted by atomic mass is 35.5. The molecule has 27 heavy (non-hydrogen) atoms. The molecule has 0 radical (unpaired) electrons. The first-order valence-electron chi connectivity index (χ1n) is 8.52. The zero-order valence-corrected chi connectivity index (χ0v) is 16.3. The quantitative estimate of drug-likeness (QED) is 0.329. The van der Waals surface area contributed by atoms with Crippen molar-refractivity contribution in [2.75, 3.05) is 26.3 Å². The van der Waals surface area contributed by atoms with Crippen molar-refractivity contribution in [1.29, 1.82) is 0 Å². The molecular weight excluding hydrogens is 401 g/mol. The lowest BCUT2D eigenvalue weighted by Crippen LogP contribution is -2.61. The number of amides is 1. The van der Waals surface area contributed by atoms with Crippen molar-refractivity contribution in [1.82, 2.24) is 5.32 Å². The van der Waals surface area contributed by atoms with E-state index >= 15 is 0 Å². The van der Waals surface area contributed by atoms with E-state index in [0.29, 0.717) is 32.6 Å². The van der Waals surface area contributed by atoms with E-state index in [2.05, 4.69) is 5.32 Å². The second-order valence-corrected chi connectivity index (χ2v) is 6.22. The third-order valence-electron chi connectivity index (χ3n) is 4.31. The minimum absolute atomic E-state index is 0. The van der Waals surface area contributed by atoms with Crippen LogP contribution in [0.1, 0.15) is 33.1 Å². The van der Waals surface area contributed by atoms with Crippen molar-refractivity contribution >= 4 is 30.7 Å². The molecule has 0 aromatic carbocycles. The molecule has 3 saturated heterocycles. The summed E-state index contributed by atoms with van der Waals surface area (Å²) in [5, 5.41) is 22.9. The fourth-order valence-electron chi connectivity index (χ4n) is 2.86. The Hall–Kier alpha value is -0.230. The Morgan fingerprint density at radius 3 is 2.48 bits per heavy atom. The van der Waals surface area contributed by atoms with Gasteiger partial charge < -0.3 is 41.2 Å². The summed E-state index contributed by atoms with van der Waals surface area (Å²) in [5.74, 6) is -0.290. The maximum absolute atomic E-state index is 12.0. The average molecular weight is 436 g/mol. The van der Waals surface area contributed by atoms with Gasteiger partial charge >= 0.3 is 0 Å². The highest BCUT2D eigenvalue weighted by Crippen LogP contribution is 2.25. The van der Waals surface area contributed by atoms with Crippen molar-refractivity contribution in [3.63, 3.8) is 0 Å². The standard InChI is InChI=1S/C15H29N3O6.CH4.2ClH/c16-5-2-1-4-9(17)14(21)18-8-10-13-11(19)12(20)15(24-10)23-7-3-6-22-13;;;/h9-13,15,19-20H,1-8,16-17H2,(H,18,21);1H4;2*1H/t9-,10?,11?,12?,13?,15?;;;/m1.../s1. The number of aliphatic hydroxyl groups excluding tert-OH is 2. The molecule has 0 saturated carbocycles. The van der Waals surface area contributed by atoms with Gasteiger partial charge in [-0.05, 0) is 25.8 Å².